The highest BCUT2D eigenvalue weighted by molar-refractivity contribution is 5.79. The molecule has 0 saturated carbocycles. The molecule has 0 bridgehead atoms. The molecule has 28 heavy (non-hydrogen) atoms. The molecule has 148 valence electrons. The zero-order valence-corrected chi connectivity index (χ0v) is 16.8. The van der Waals surface area contributed by atoms with Crippen molar-refractivity contribution in [2.75, 3.05) is 31.1 Å². The van der Waals surface area contributed by atoms with Gasteiger partial charge < -0.3 is 15.1 Å². The molecule has 0 radical (unpaired) electrons. The van der Waals surface area contributed by atoms with Gasteiger partial charge in [-0.05, 0) is 26.7 Å². The minimum absolute atomic E-state index is 0.280. The fourth-order valence-electron chi connectivity index (χ4n) is 4.23. The molecule has 0 spiro atoms. The molecular weight excluding hydrogens is 350 g/mol. The van der Waals surface area contributed by atoms with E-state index < -0.39 is 0 Å². The summed E-state index contributed by atoms with van der Waals surface area (Å²) in [6, 6.07) is 13.0. The van der Waals surface area contributed by atoms with Crippen molar-refractivity contribution >= 4 is 11.7 Å². The van der Waals surface area contributed by atoms with Crippen LogP contribution in [0.3, 0.4) is 0 Å². The van der Waals surface area contributed by atoms with Crippen LogP contribution in [-0.4, -0.2) is 59.0 Å². The summed E-state index contributed by atoms with van der Waals surface area (Å²) in [7, 11) is 0. The third kappa shape index (κ3) is 4.17. The van der Waals surface area contributed by atoms with Gasteiger partial charge >= 0.3 is 0 Å². The Hall–Kier alpha value is -2.47. The largest absolute Gasteiger partial charge is 0.356 e. The lowest BCUT2D eigenvalue weighted by molar-refractivity contribution is -0.127. The number of rotatable bonds is 5. The maximum Gasteiger partial charge on any atom is 0.224 e. The Morgan fingerprint density at radius 1 is 1.11 bits per heavy atom. The predicted molar refractivity (Wildman–Crippen MR) is 111 cm³/mol. The Kier molecular flexibility index (Phi) is 5.57. The van der Waals surface area contributed by atoms with Crippen LogP contribution in [-0.2, 0) is 4.79 Å². The monoisotopic (exact) mass is 379 g/mol. The number of nitrogens with one attached hydrogen (secondary N) is 1. The summed E-state index contributed by atoms with van der Waals surface area (Å²) in [5, 5.41) is 3.71. The lowest BCUT2D eigenvalue weighted by Gasteiger charge is -2.34. The van der Waals surface area contributed by atoms with Crippen molar-refractivity contribution in [1.82, 2.24) is 20.2 Å². The first-order valence-corrected chi connectivity index (χ1v) is 10.3. The second-order valence-corrected chi connectivity index (χ2v) is 7.82. The standard InChI is InChI=1S/C22H29N5O/c1-3-26-15-19(14-21(26)28)24-18-9-11-27(12-10-18)20-13-16(2)23-22(25-20)17-7-5-4-6-8-17/h4-8,13,18-19,24H,3,9-12,14-15H2,1-2H3. The Morgan fingerprint density at radius 3 is 2.54 bits per heavy atom. The second-order valence-electron chi connectivity index (χ2n) is 7.82. The number of hydrogen-bond donors (Lipinski definition) is 1. The molecule has 1 atom stereocenters. The maximum absolute atomic E-state index is 11.9. The molecule has 6 heteroatoms. The molecule has 2 aliphatic rings. The summed E-state index contributed by atoms with van der Waals surface area (Å²) in [5.74, 6) is 2.08. The normalized spacial score (nSPS) is 20.8. The third-order valence-corrected chi connectivity index (χ3v) is 5.76. The SMILES string of the molecule is CCN1CC(NC2CCN(c3cc(C)nc(-c4ccccc4)n3)CC2)CC1=O. The van der Waals surface area contributed by atoms with E-state index >= 15 is 0 Å². The van der Waals surface area contributed by atoms with Crippen molar-refractivity contribution < 1.29 is 4.79 Å². The van der Waals surface area contributed by atoms with Gasteiger partial charge in [-0.25, -0.2) is 9.97 Å². The second kappa shape index (κ2) is 8.27. The van der Waals surface area contributed by atoms with Gasteiger partial charge in [0.15, 0.2) is 5.82 Å². The molecule has 1 N–H and O–H groups in total. The quantitative estimate of drug-likeness (QED) is 0.865. The van der Waals surface area contributed by atoms with Crippen LogP contribution in [0.25, 0.3) is 11.4 Å². The van der Waals surface area contributed by atoms with E-state index in [1.165, 1.54) is 0 Å². The smallest absolute Gasteiger partial charge is 0.224 e. The molecule has 1 unspecified atom stereocenters. The first-order valence-electron chi connectivity index (χ1n) is 10.3. The Bertz CT molecular complexity index is 817. The first-order chi connectivity index (χ1) is 13.6. The average molecular weight is 380 g/mol. The van der Waals surface area contributed by atoms with E-state index in [0.29, 0.717) is 18.5 Å². The number of aryl methyl sites for hydroxylation is 1. The van der Waals surface area contributed by atoms with E-state index in [1.54, 1.807) is 0 Å². The number of piperidine rings is 1. The highest BCUT2D eigenvalue weighted by Crippen LogP contribution is 2.23. The van der Waals surface area contributed by atoms with Crippen LogP contribution in [0.2, 0.25) is 0 Å². The van der Waals surface area contributed by atoms with Crippen LogP contribution >= 0.6 is 0 Å². The van der Waals surface area contributed by atoms with E-state index in [2.05, 4.69) is 33.4 Å². The Morgan fingerprint density at radius 2 is 1.86 bits per heavy atom. The highest BCUT2D eigenvalue weighted by atomic mass is 16.2. The van der Waals surface area contributed by atoms with Crippen molar-refractivity contribution in [1.29, 1.82) is 0 Å². The molecule has 2 aliphatic heterocycles. The number of aromatic nitrogens is 2. The topological polar surface area (TPSA) is 61.4 Å². The van der Waals surface area contributed by atoms with E-state index in [9.17, 15) is 4.79 Å². The van der Waals surface area contributed by atoms with Crippen LogP contribution in [0, 0.1) is 6.92 Å². The van der Waals surface area contributed by atoms with Crippen molar-refractivity contribution in [2.24, 2.45) is 0 Å². The number of nitrogens with zero attached hydrogens (tertiary/aromatic N) is 4. The Balaban J connectivity index is 1.38. The van der Waals surface area contributed by atoms with E-state index in [0.717, 1.165) is 61.9 Å². The molecule has 6 nitrogen and oxygen atoms in total. The first kappa shape index (κ1) is 18.9. The van der Waals surface area contributed by atoms with Gasteiger partial charge in [0.1, 0.15) is 5.82 Å². The van der Waals surface area contributed by atoms with Crippen LogP contribution in [0.15, 0.2) is 36.4 Å². The molecule has 2 saturated heterocycles. The lowest BCUT2D eigenvalue weighted by atomic mass is 10.0. The fraction of sp³-hybridized carbons (Fsp3) is 0.500. The molecule has 4 rings (SSSR count). The van der Waals surface area contributed by atoms with Gasteiger partial charge in [0.25, 0.3) is 0 Å². The minimum atomic E-state index is 0.280. The van der Waals surface area contributed by atoms with Crippen molar-refractivity contribution in [3.63, 3.8) is 0 Å². The van der Waals surface area contributed by atoms with Gasteiger partial charge in [-0.2, -0.15) is 0 Å². The maximum atomic E-state index is 11.9. The minimum Gasteiger partial charge on any atom is -0.356 e. The van der Waals surface area contributed by atoms with Crippen molar-refractivity contribution in [2.45, 2.75) is 45.2 Å². The van der Waals surface area contributed by atoms with Gasteiger partial charge in [0.05, 0.1) is 0 Å². The molecule has 2 fully saturated rings. The summed E-state index contributed by atoms with van der Waals surface area (Å²) in [4.78, 5) is 25.7. The van der Waals surface area contributed by atoms with Gasteiger partial charge in [0, 0.05) is 62.0 Å². The zero-order valence-electron chi connectivity index (χ0n) is 16.8. The zero-order chi connectivity index (χ0) is 19.5. The number of likely N-dealkylation sites (tertiary alicyclic amines) is 1. The number of anilines is 1. The number of likely N-dealkylation sites (N-methyl/N-ethyl adjacent to an activating group) is 1. The number of amides is 1. The third-order valence-electron chi connectivity index (χ3n) is 5.76. The molecule has 1 aromatic heterocycles. The number of benzene rings is 1. The van der Waals surface area contributed by atoms with Gasteiger partial charge in [-0.3, -0.25) is 4.79 Å². The van der Waals surface area contributed by atoms with Crippen LogP contribution in [0.1, 0.15) is 31.9 Å². The Labute approximate surface area is 167 Å². The molecule has 0 aliphatic carbocycles. The summed E-state index contributed by atoms with van der Waals surface area (Å²) in [6.45, 7) is 7.68. The van der Waals surface area contributed by atoms with Crippen LogP contribution < -0.4 is 10.2 Å². The molecule has 1 aromatic carbocycles. The van der Waals surface area contributed by atoms with E-state index in [-0.39, 0.29) is 5.91 Å². The summed E-state index contributed by atoms with van der Waals surface area (Å²) in [6.07, 6.45) is 2.78. The van der Waals surface area contributed by atoms with Gasteiger partial charge in [-0.15, -0.1) is 0 Å². The highest BCUT2D eigenvalue weighted by Gasteiger charge is 2.31. The fourth-order valence-corrected chi connectivity index (χ4v) is 4.23. The van der Waals surface area contributed by atoms with Crippen molar-refractivity contribution in [3.8, 4) is 11.4 Å². The molecular formula is C22H29N5O. The van der Waals surface area contributed by atoms with E-state index in [4.69, 9.17) is 4.98 Å². The summed E-state index contributed by atoms with van der Waals surface area (Å²) >= 11 is 0. The summed E-state index contributed by atoms with van der Waals surface area (Å²) < 4.78 is 0. The molecule has 3 heterocycles. The average Bonchev–Trinajstić information content (AvgIpc) is 3.08. The lowest BCUT2D eigenvalue weighted by Crippen LogP contribution is -2.47. The number of hydrogen-bond acceptors (Lipinski definition) is 5. The summed E-state index contributed by atoms with van der Waals surface area (Å²) in [5.41, 5.74) is 2.05. The van der Waals surface area contributed by atoms with E-state index in [1.807, 2.05) is 36.9 Å². The van der Waals surface area contributed by atoms with Gasteiger partial charge in [0.2, 0.25) is 5.91 Å². The number of carbonyl (C=O) groups is 1. The molecule has 2 aromatic rings. The van der Waals surface area contributed by atoms with Gasteiger partial charge in [-0.1, -0.05) is 30.3 Å². The van der Waals surface area contributed by atoms with Crippen molar-refractivity contribution in [3.05, 3.63) is 42.1 Å². The molecule has 1 amide bonds. The van der Waals surface area contributed by atoms with Crippen LogP contribution in [0.5, 0.6) is 0 Å². The number of carbonyl (C=O) groups excluding carboxylic acids is 1. The predicted octanol–water partition coefficient (Wildman–Crippen LogP) is 2.63. The van der Waals surface area contributed by atoms with Crippen LogP contribution in [0.4, 0.5) is 5.82 Å².